The van der Waals surface area contributed by atoms with Crippen molar-refractivity contribution in [2.24, 2.45) is 17.6 Å². The highest BCUT2D eigenvalue weighted by Crippen LogP contribution is 2.35. The van der Waals surface area contributed by atoms with Crippen molar-refractivity contribution in [3.8, 4) is 17.2 Å². The lowest BCUT2D eigenvalue weighted by molar-refractivity contribution is -0.133. The van der Waals surface area contributed by atoms with E-state index in [1.54, 1.807) is 6.20 Å². The number of likely N-dealkylation sites (tertiary alicyclic amines) is 1. The Balaban J connectivity index is 1.23. The standard InChI is InChI=1S/C30H31N7O2/c31-27(38)22-15-24-25(16-22)37(28(34-24)21-10-7-18-4-1-2-5-20(18)14-21)26-11-12-32-30(35-26)33-23-6-3-13-36(17-23)29(39)19-8-9-19/h1-2,4-5,7,10-12,14,19,22-23H,3,6,8-9,13,15-17H2,(H2,31,38)(H,32,33,35)/t22?,23-/m1/s1. The van der Waals surface area contributed by atoms with Gasteiger partial charge in [0, 0.05) is 61.3 Å². The van der Waals surface area contributed by atoms with E-state index in [1.165, 1.54) is 0 Å². The van der Waals surface area contributed by atoms with E-state index < -0.39 is 0 Å². The van der Waals surface area contributed by atoms with Crippen LogP contribution in [-0.4, -0.2) is 55.4 Å². The molecule has 0 bridgehead atoms. The van der Waals surface area contributed by atoms with Gasteiger partial charge < -0.3 is 16.0 Å². The number of carbonyl (C=O) groups excluding carboxylic acids is 2. The minimum atomic E-state index is -0.306. The highest BCUT2D eigenvalue weighted by Gasteiger charge is 2.36. The summed E-state index contributed by atoms with van der Waals surface area (Å²) in [4.78, 5) is 41.1. The molecule has 2 atom stereocenters. The number of benzene rings is 2. The van der Waals surface area contributed by atoms with Gasteiger partial charge in [-0.2, -0.15) is 4.98 Å². The maximum absolute atomic E-state index is 12.6. The third kappa shape index (κ3) is 4.51. The van der Waals surface area contributed by atoms with E-state index in [-0.39, 0.29) is 29.7 Å². The van der Waals surface area contributed by atoms with Gasteiger partial charge in [0.15, 0.2) is 0 Å². The van der Waals surface area contributed by atoms with Crippen molar-refractivity contribution in [1.82, 2.24) is 24.4 Å². The summed E-state index contributed by atoms with van der Waals surface area (Å²) >= 11 is 0. The number of primary amides is 1. The lowest BCUT2D eigenvalue weighted by atomic mass is 10.1. The van der Waals surface area contributed by atoms with Gasteiger partial charge in [0.25, 0.3) is 0 Å². The van der Waals surface area contributed by atoms with Crippen LogP contribution in [0, 0.1) is 11.8 Å². The van der Waals surface area contributed by atoms with Crippen LogP contribution in [0.3, 0.4) is 0 Å². The first-order valence-electron chi connectivity index (χ1n) is 13.8. The zero-order valence-electron chi connectivity index (χ0n) is 21.7. The van der Waals surface area contributed by atoms with Gasteiger partial charge in [0.05, 0.1) is 5.69 Å². The molecule has 1 unspecified atom stereocenters. The molecule has 2 aliphatic carbocycles. The number of hydrogen-bond donors (Lipinski definition) is 2. The molecule has 1 aliphatic heterocycles. The van der Waals surface area contributed by atoms with Crippen molar-refractivity contribution in [3.63, 3.8) is 0 Å². The average Bonchev–Trinajstić information content (AvgIpc) is 3.62. The van der Waals surface area contributed by atoms with Crippen LogP contribution >= 0.6 is 0 Å². The summed E-state index contributed by atoms with van der Waals surface area (Å²) in [6.07, 6.45) is 6.77. The van der Waals surface area contributed by atoms with Gasteiger partial charge in [-0.25, -0.2) is 9.97 Å². The quantitative estimate of drug-likeness (QED) is 0.401. The number of nitrogens with zero attached hydrogens (tertiary/aromatic N) is 5. The van der Waals surface area contributed by atoms with E-state index >= 15 is 0 Å². The fourth-order valence-electron chi connectivity index (χ4n) is 5.99. The number of aromatic nitrogens is 4. The molecular formula is C30H31N7O2. The van der Waals surface area contributed by atoms with Gasteiger partial charge in [-0.3, -0.25) is 14.2 Å². The average molecular weight is 522 g/mol. The Bertz CT molecular complexity index is 1590. The largest absolute Gasteiger partial charge is 0.369 e. The summed E-state index contributed by atoms with van der Waals surface area (Å²) in [7, 11) is 0. The molecule has 9 nitrogen and oxygen atoms in total. The molecule has 1 saturated carbocycles. The number of fused-ring (bicyclic) bond motifs is 2. The zero-order valence-corrected chi connectivity index (χ0v) is 21.7. The number of carbonyl (C=O) groups is 2. The summed E-state index contributed by atoms with van der Waals surface area (Å²) in [5, 5.41) is 5.78. The Labute approximate surface area is 226 Å². The van der Waals surface area contributed by atoms with Crippen LogP contribution in [0.5, 0.6) is 0 Å². The Kier molecular flexibility index (Phi) is 5.79. The molecule has 0 spiro atoms. The molecule has 3 aliphatic rings. The molecule has 198 valence electrons. The fourth-order valence-corrected chi connectivity index (χ4v) is 5.99. The zero-order chi connectivity index (χ0) is 26.5. The molecular weight excluding hydrogens is 490 g/mol. The second kappa shape index (κ2) is 9.48. The van der Waals surface area contributed by atoms with E-state index in [0.29, 0.717) is 31.2 Å². The predicted octanol–water partition coefficient (Wildman–Crippen LogP) is 3.50. The van der Waals surface area contributed by atoms with Gasteiger partial charge in [-0.05, 0) is 48.6 Å². The van der Waals surface area contributed by atoms with Gasteiger partial charge >= 0.3 is 0 Å². The Morgan fingerprint density at radius 3 is 2.62 bits per heavy atom. The topological polar surface area (TPSA) is 119 Å². The normalized spacial score (nSPS) is 20.7. The van der Waals surface area contributed by atoms with Crippen molar-refractivity contribution >= 4 is 28.5 Å². The van der Waals surface area contributed by atoms with Gasteiger partial charge in [0.1, 0.15) is 11.6 Å². The van der Waals surface area contributed by atoms with Crippen LogP contribution < -0.4 is 11.1 Å². The highest BCUT2D eigenvalue weighted by molar-refractivity contribution is 5.87. The Morgan fingerprint density at radius 2 is 1.79 bits per heavy atom. The van der Waals surface area contributed by atoms with Crippen molar-refractivity contribution in [1.29, 1.82) is 0 Å². The number of nitrogens with two attached hydrogens (primary N) is 1. The molecule has 4 aromatic rings. The van der Waals surface area contributed by atoms with E-state index in [0.717, 1.165) is 65.8 Å². The first-order chi connectivity index (χ1) is 19.0. The SMILES string of the molecule is NC(=O)C1Cc2nc(-c3ccc4ccccc4c3)n(-c3ccnc(N[C@@H]4CCCN(C(=O)C5CC5)C4)n3)c2C1. The molecule has 2 aromatic carbocycles. The van der Waals surface area contributed by atoms with Crippen LogP contribution in [0.25, 0.3) is 28.0 Å². The van der Waals surface area contributed by atoms with Crippen LogP contribution in [-0.2, 0) is 22.4 Å². The minimum absolute atomic E-state index is 0.101. The van der Waals surface area contributed by atoms with Crippen molar-refractivity contribution < 1.29 is 9.59 Å². The van der Waals surface area contributed by atoms with Crippen LogP contribution in [0.2, 0.25) is 0 Å². The first-order valence-corrected chi connectivity index (χ1v) is 13.8. The number of anilines is 1. The van der Waals surface area contributed by atoms with Gasteiger partial charge in [0.2, 0.25) is 17.8 Å². The molecule has 1 saturated heterocycles. The number of nitrogens with one attached hydrogen (secondary N) is 1. The summed E-state index contributed by atoms with van der Waals surface area (Å²) in [5.41, 5.74) is 8.51. The molecule has 0 radical (unpaired) electrons. The molecule has 3 N–H and O–H groups in total. The summed E-state index contributed by atoms with van der Waals surface area (Å²) in [6, 6.07) is 16.5. The lowest BCUT2D eigenvalue weighted by Crippen LogP contribution is -2.45. The summed E-state index contributed by atoms with van der Waals surface area (Å²) in [6.45, 7) is 1.50. The number of piperidine rings is 1. The van der Waals surface area contributed by atoms with E-state index in [4.69, 9.17) is 15.7 Å². The Hall–Kier alpha value is -4.27. The number of amides is 2. The predicted molar refractivity (Wildman–Crippen MR) is 148 cm³/mol. The van der Waals surface area contributed by atoms with Crippen molar-refractivity contribution in [2.75, 3.05) is 18.4 Å². The summed E-state index contributed by atoms with van der Waals surface area (Å²) < 4.78 is 2.05. The lowest BCUT2D eigenvalue weighted by Gasteiger charge is -2.33. The monoisotopic (exact) mass is 521 g/mol. The Morgan fingerprint density at radius 1 is 0.949 bits per heavy atom. The van der Waals surface area contributed by atoms with Crippen LogP contribution in [0.4, 0.5) is 5.95 Å². The molecule has 2 amide bonds. The second-order valence-electron chi connectivity index (χ2n) is 11.0. The third-order valence-corrected chi connectivity index (χ3v) is 8.21. The van der Waals surface area contributed by atoms with Gasteiger partial charge in [-0.15, -0.1) is 0 Å². The number of imidazole rings is 1. The minimum Gasteiger partial charge on any atom is -0.369 e. The number of hydrogen-bond acceptors (Lipinski definition) is 6. The third-order valence-electron chi connectivity index (χ3n) is 8.21. The van der Waals surface area contributed by atoms with E-state index in [1.807, 2.05) is 23.1 Å². The van der Waals surface area contributed by atoms with E-state index in [2.05, 4.69) is 45.2 Å². The summed E-state index contributed by atoms with van der Waals surface area (Å²) in [5.74, 6) is 1.94. The molecule has 9 heteroatoms. The fraction of sp³-hybridized carbons (Fsp3) is 0.367. The highest BCUT2D eigenvalue weighted by atomic mass is 16.2. The van der Waals surface area contributed by atoms with Gasteiger partial charge in [-0.1, -0.05) is 36.4 Å². The van der Waals surface area contributed by atoms with Crippen molar-refractivity contribution in [3.05, 3.63) is 66.1 Å². The molecule has 7 rings (SSSR count). The maximum atomic E-state index is 12.6. The molecule has 3 heterocycles. The van der Waals surface area contributed by atoms with E-state index in [9.17, 15) is 9.59 Å². The first kappa shape index (κ1) is 23.8. The van der Waals surface area contributed by atoms with Crippen LogP contribution in [0.15, 0.2) is 54.7 Å². The molecule has 39 heavy (non-hydrogen) atoms. The van der Waals surface area contributed by atoms with Crippen LogP contribution in [0.1, 0.15) is 37.1 Å². The number of rotatable bonds is 6. The maximum Gasteiger partial charge on any atom is 0.225 e. The van der Waals surface area contributed by atoms with Crippen molar-refractivity contribution in [2.45, 2.75) is 44.6 Å². The second-order valence-corrected chi connectivity index (χ2v) is 11.0. The molecule has 2 aromatic heterocycles. The smallest absolute Gasteiger partial charge is 0.225 e. The molecule has 2 fully saturated rings.